The first-order chi connectivity index (χ1) is 16.6. The van der Waals surface area contributed by atoms with Gasteiger partial charge < -0.3 is 14.5 Å². The van der Waals surface area contributed by atoms with Crippen LogP contribution in [-0.2, 0) is 24.2 Å². The Balaban J connectivity index is 1.50. The van der Waals surface area contributed by atoms with Gasteiger partial charge in [0.25, 0.3) is 0 Å². The maximum atomic E-state index is 13.5. The number of ether oxygens (including phenoxy) is 1. The Hall–Kier alpha value is -3.92. The van der Waals surface area contributed by atoms with E-state index in [4.69, 9.17) is 9.15 Å². The number of rotatable bonds is 5. The van der Waals surface area contributed by atoms with Crippen LogP contribution in [0.15, 0.2) is 51.9 Å². The van der Waals surface area contributed by atoms with Crippen LogP contribution in [-0.4, -0.2) is 32.2 Å². The number of nitrogens with zero attached hydrogens (tertiary/aromatic N) is 4. The number of para-hydroxylation sites is 2. The van der Waals surface area contributed by atoms with Gasteiger partial charge in [-0.25, -0.2) is 9.78 Å². The topological polar surface area (TPSA) is 104 Å². The summed E-state index contributed by atoms with van der Waals surface area (Å²) in [6.45, 7) is -0.154. The molecule has 0 saturated carbocycles. The van der Waals surface area contributed by atoms with Crippen LogP contribution in [0.4, 0.5) is 5.69 Å². The number of fused-ring (bicyclic) bond motifs is 5. The van der Waals surface area contributed by atoms with Crippen molar-refractivity contribution in [2.24, 2.45) is 0 Å². The number of hydrogen-bond acceptors (Lipinski definition) is 7. The summed E-state index contributed by atoms with van der Waals surface area (Å²) in [5, 5.41) is 8.20. The molecule has 172 valence electrons. The predicted octanol–water partition coefficient (Wildman–Crippen LogP) is 3.89. The van der Waals surface area contributed by atoms with Gasteiger partial charge in [-0.05, 0) is 55.5 Å². The smallest absolute Gasteiger partial charge is 0.352 e. The molecule has 34 heavy (non-hydrogen) atoms. The zero-order valence-electron chi connectivity index (χ0n) is 18.4. The number of amides is 1. The molecule has 0 radical (unpaired) electrons. The van der Waals surface area contributed by atoms with Crippen molar-refractivity contribution in [3.63, 3.8) is 0 Å². The molecule has 4 heterocycles. The molecule has 1 aliphatic rings. The normalized spacial score (nSPS) is 13.3. The first-order valence-electron chi connectivity index (χ1n) is 11.0. The van der Waals surface area contributed by atoms with E-state index in [0.29, 0.717) is 28.7 Å². The molecule has 4 aromatic heterocycles. The second-order valence-electron chi connectivity index (χ2n) is 8.16. The predicted molar refractivity (Wildman–Crippen MR) is 129 cm³/mol. The van der Waals surface area contributed by atoms with E-state index >= 15 is 0 Å². The monoisotopic (exact) mass is 475 g/mol. The highest BCUT2D eigenvalue weighted by Gasteiger charge is 2.25. The van der Waals surface area contributed by atoms with Crippen molar-refractivity contribution >= 4 is 38.8 Å². The highest BCUT2D eigenvalue weighted by atomic mass is 32.1. The molecule has 1 amide bonds. The summed E-state index contributed by atoms with van der Waals surface area (Å²) in [5.74, 6) is 1.05. The number of nitrogens with one attached hydrogen (secondary N) is 1. The number of hydrogen-bond donors (Lipinski definition) is 1. The standard InChI is InChI=1S/C24H21N5O4S/c1-32-16-9-4-3-8-15(16)25-19(30)13-28-23-20(14-7-2-5-11-18(14)34-23)22-26-21(17-10-6-12-33-17)27-29(22)24(28)31/h3-4,6,8-10,12H,2,5,7,11,13H2,1H3,(H,25,30). The molecular formula is C24H21N5O4S. The van der Waals surface area contributed by atoms with Gasteiger partial charge in [0.1, 0.15) is 17.1 Å². The van der Waals surface area contributed by atoms with Crippen LogP contribution in [0.1, 0.15) is 23.3 Å². The molecule has 10 heteroatoms. The fourth-order valence-electron chi connectivity index (χ4n) is 4.51. The van der Waals surface area contributed by atoms with Gasteiger partial charge in [-0.3, -0.25) is 9.36 Å². The van der Waals surface area contributed by atoms with Crippen molar-refractivity contribution in [1.82, 2.24) is 19.2 Å². The largest absolute Gasteiger partial charge is 0.495 e. The molecular weight excluding hydrogens is 454 g/mol. The van der Waals surface area contributed by atoms with Crippen LogP contribution in [0.25, 0.3) is 27.4 Å². The van der Waals surface area contributed by atoms with Crippen molar-refractivity contribution in [3.05, 3.63) is 63.6 Å². The molecule has 1 aromatic carbocycles. The minimum Gasteiger partial charge on any atom is -0.495 e. The maximum Gasteiger partial charge on any atom is 0.352 e. The molecule has 1 aliphatic carbocycles. The van der Waals surface area contributed by atoms with Gasteiger partial charge in [-0.2, -0.15) is 4.52 Å². The number of carbonyl (C=O) groups excluding carboxylic acids is 1. The number of methoxy groups -OCH3 is 1. The van der Waals surface area contributed by atoms with E-state index in [1.807, 2.05) is 12.1 Å². The Morgan fingerprint density at radius 3 is 2.88 bits per heavy atom. The van der Waals surface area contributed by atoms with E-state index in [2.05, 4.69) is 15.4 Å². The van der Waals surface area contributed by atoms with Gasteiger partial charge >= 0.3 is 5.69 Å². The van der Waals surface area contributed by atoms with E-state index in [-0.39, 0.29) is 12.5 Å². The Morgan fingerprint density at radius 1 is 1.21 bits per heavy atom. The Bertz CT molecular complexity index is 1600. The van der Waals surface area contributed by atoms with Crippen LogP contribution in [0.2, 0.25) is 0 Å². The Labute approximate surface area is 197 Å². The summed E-state index contributed by atoms with van der Waals surface area (Å²) < 4.78 is 13.6. The molecule has 1 N–H and O–H groups in total. The molecule has 5 aromatic rings. The highest BCUT2D eigenvalue weighted by Crippen LogP contribution is 2.38. The SMILES string of the molecule is COc1ccccc1NC(=O)Cn1c(=O)n2nc(-c3ccco3)nc2c2c3c(sc21)CCCC3. The van der Waals surface area contributed by atoms with Gasteiger partial charge in [-0.1, -0.05) is 12.1 Å². The first-order valence-corrected chi connectivity index (χ1v) is 11.9. The van der Waals surface area contributed by atoms with Crippen LogP contribution in [0.3, 0.4) is 0 Å². The lowest BCUT2D eigenvalue weighted by molar-refractivity contribution is -0.116. The lowest BCUT2D eigenvalue weighted by atomic mass is 9.97. The molecule has 0 atom stereocenters. The van der Waals surface area contributed by atoms with E-state index in [0.717, 1.165) is 35.9 Å². The number of aromatic nitrogens is 4. The van der Waals surface area contributed by atoms with Gasteiger partial charge in [-0.15, -0.1) is 16.4 Å². The minimum absolute atomic E-state index is 0.154. The summed E-state index contributed by atoms with van der Waals surface area (Å²) in [6, 6.07) is 10.7. The number of carbonyl (C=O) groups is 1. The van der Waals surface area contributed by atoms with Crippen molar-refractivity contribution in [2.75, 3.05) is 12.4 Å². The second kappa shape index (κ2) is 8.14. The second-order valence-corrected chi connectivity index (χ2v) is 9.24. The zero-order valence-corrected chi connectivity index (χ0v) is 19.2. The molecule has 0 saturated heterocycles. The van der Waals surface area contributed by atoms with Gasteiger partial charge in [0.15, 0.2) is 11.4 Å². The van der Waals surface area contributed by atoms with Crippen LogP contribution in [0, 0.1) is 0 Å². The lowest BCUT2D eigenvalue weighted by Crippen LogP contribution is -2.32. The van der Waals surface area contributed by atoms with Crippen LogP contribution in [0.5, 0.6) is 5.75 Å². The summed E-state index contributed by atoms with van der Waals surface area (Å²) in [6.07, 6.45) is 5.61. The number of furan rings is 1. The number of aryl methyl sites for hydroxylation is 2. The molecule has 9 nitrogen and oxygen atoms in total. The maximum absolute atomic E-state index is 13.5. The van der Waals surface area contributed by atoms with E-state index in [1.165, 1.54) is 19.5 Å². The number of thiophene rings is 1. The van der Waals surface area contributed by atoms with Crippen molar-refractivity contribution < 1.29 is 13.9 Å². The minimum atomic E-state index is -0.415. The summed E-state index contributed by atoms with van der Waals surface area (Å²) in [7, 11) is 1.55. The highest BCUT2D eigenvalue weighted by molar-refractivity contribution is 7.19. The molecule has 0 spiro atoms. The van der Waals surface area contributed by atoms with Crippen LogP contribution >= 0.6 is 11.3 Å². The fraction of sp³-hybridized carbons (Fsp3) is 0.250. The first kappa shape index (κ1) is 20.7. The Kier molecular flexibility index (Phi) is 4.95. The van der Waals surface area contributed by atoms with Crippen LogP contribution < -0.4 is 15.7 Å². The third-order valence-corrected chi connectivity index (χ3v) is 7.38. The molecule has 0 bridgehead atoms. The number of anilines is 1. The molecule has 0 aliphatic heterocycles. The average Bonchev–Trinajstić information content (AvgIpc) is 3.60. The summed E-state index contributed by atoms with van der Waals surface area (Å²) in [4.78, 5) is 33.2. The number of benzene rings is 1. The van der Waals surface area contributed by atoms with Gasteiger partial charge in [0.2, 0.25) is 11.7 Å². The lowest BCUT2D eigenvalue weighted by Gasteiger charge is -2.12. The summed E-state index contributed by atoms with van der Waals surface area (Å²) >= 11 is 1.57. The van der Waals surface area contributed by atoms with Gasteiger partial charge in [0, 0.05) is 4.88 Å². The van der Waals surface area contributed by atoms with Gasteiger partial charge in [0.05, 0.1) is 24.4 Å². The third-order valence-electron chi connectivity index (χ3n) is 6.07. The Morgan fingerprint density at radius 2 is 2.06 bits per heavy atom. The summed E-state index contributed by atoms with van der Waals surface area (Å²) in [5.41, 5.74) is 1.84. The third kappa shape index (κ3) is 3.29. The molecule has 0 unspecified atom stereocenters. The van der Waals surface area contributed by atoms with E-state index in [1.54, 1.807) is 49.0 Å². The van der Waals surface area contributed by atoms with E-state index < -0.39 is 5.69 Å². The molecule has 0 fully saturated rings. The van der Waals surface area contributed by atoms with Crippen molar-refractivity contribution in [3.8, 4) is 17.3 Å². The zero-order chi connectivity index (χ0) is 23.2. The van der Waals surface area contributed by atoms with Crippen molar-refractivity contribution in [2.45, 2.75) is 32.2 Å². The van der Waals surface area contributed by atoms with E-state index in [9.17, 15) is 9.59 Å². The quantitative estimate of drug-likeness (QED) is 0.414. The van der Waals surface area contributed by atoms with Crippen molar-refractivity contribution in [1.29, 1.82) is 0 Å². The average molecular weight is 476 g/mol. The molecule has 6 rings (SSSR count). The fourth-order valence-corrected chi connectivity index (χ4v) is 5.89.